The fourth-order valence-electron chi connectivity index (χ4n) is 1.80. The molecule has 108 valence electrons. The summed E-state index contributed by atoms with van der Waals surface area (Å²) in [6.45, 7) is 1.97. The van der Waals surface area contributed by atoms with Crippen molar-refractivity contribution in [3.05, 3.63) is 47.2 Å². The lowest BCUT2D eigenvalue weighted by atomic mass is 10.0. The Balaban J connectivity index is 2.20. The summed E-state index contributed by atoms with van der Waals surface area (Å²) in [5.74, 6) is 6.27. The Morgan fingerprint density at radius 3 is 2.90 bits per heavy atom. The fraction of sp³-hybridized carbons (Fsp3) is 0.250. The molecule has 0 aliphatic rings. The topological polar surface area (TPSA) is 67.2 Å². The number of rotatable bonds is 3. The highest BCUT2D eigenvalue weighted by atomic mass is 16.2. The third-order valence-corrected chi connectivity index (χ3v) is 3.02. The first-order chi connectivity index (χ1) is 10.1. The number of aryl methyl sites for hydroxylation is 2. The monoisotopic (exact) mass is 283 g/mol. The first-order valence-electron chi connectivity index (χ1n) is 6.61. The summed E-state index contributed by atoms with van der Waals surface area (Å²) in [6.07, 6.45) is 2.04. The minimum absolute atomic E-state index is 0.0344. The van der Waals surface area contributed by atoms with Crippen LogP contribution in [0, 0.1) is 18.8 Å². The summed E-state index contributed by atoms with van der Waals surface area (Å²) in [5, 5.41) is 15.5. The molecule has 1 amide bonds. The number of aromatic nitrogens is 2. The zero-order chi connectivity index (χ0) is 15.2. The SMILES string of the molecule is Cc1ccc(C(=O)Nc2ccnn2C)cc1C#CCCO. The molecule has 5 heteroatoms. The lowest BCUT2D eigenvalue weighted by Gasteiger charge is -2.07. The van der Waals surface area contributed by atoms with Crippen LogP contribution in [-0.2, 0) is 7.05 Å². The molecule has 2 aromatic rings. The highest BCUT2D eigenvalue weighted by Gasteiger charge is 2.09. The van der Waals surface area contributed by atoms with E-state index in [1.54, 1.807) is 36.1 Å². The molecule has 0 radical (unpaired) electrons. The molecule has 0 fully saturated rings. The second kappa shape index (κ2) is 6.73. The molecule has 2 N–H and O–H groups in total. The van der Waals surface area contributed by atoms with Crippen LogP contribution < -0.4 is 5.32 Å². The van der Waals surface area contributed by atoms with Gasteiger partial charge in [0, 0.05) is 30.7 Å². The molecule has 0 bridgehead atoms. The number of carbonyl (C=O) groups is 1. The first-order valence-corrected chi connectivity index (χ1v) is 6.61. The maximum Gasteiger partial charge on any atom is 0.256 e. The summed E-state index contributed by atoms with van der Waals surface area (Å²) in [5.41, 5.74) is 2.33. The van der Waals surface area contributed by atoms with Gasteiger partial charge in [0.1, 0.15) is 5.82 Å². The van der Waals surface area contributed by atoms with E-state index in [0.29, 0.717) is 17.8 Å². The highest BCUT2D eigenvalue weighted by Crippen LogP contribution is 2.12. The quantitative estimate of drug-likeness (QED) is 0.843. The Kier molecular flexibility index (Phi) is 4.75. The number of carbonyl (C=O) groups excluding carboxylic acids is 1. The van der Waals surface area contributed by atoms with Gasteiger partial charge in [-0.2, -0.15) is 5.10 Å². The number of nitrogens with zero attached hydrogens (tertiary/aromatic N) is 2. The van der Waals surface area contributed by atoms with E-state index in [-0.39, 0.29) is 12.5 Å². The maximum absolute atomic E-state index is 12.2. The lowest BCUT2D eigenvalue weighted by molar-refractivity contribution is 0.102. The molecular formula is C16H17N3O2. The average molecular weight is 283 g/mol. The Bertz CT molecular complexity index is 708. The van der Waals surface area contributed by atoms with E-state index < -0.39 is 0 Å². The predicted molar refractivity (Wildman–Crippen MR) is 80.9 cm³/mol. The van der Waals surface area contributed by atoms with E-state index in [2.05, 4.69) is 22.3 Å². The van der Waals surface area contributed by atoms with Crippen molar-refractivity contribution in [1.29, 1.82) is 0 Å². The number of aliphatic hydroxyl groups excluding tert-OH is 1. The third kappa shape index (κ3) is 3.71. The number of aliphatic hydroxyl groups is 1. The lowest BCUT2D eigenvalue weighted by Crippen LogP contribution is -2.14. The molecule has 5 nitrogen and oxygen atoms in total. The zero-order valence-corrected chi connectivity index (χ0v) is 12.1. The van der Waals surface area contributed by atoms with Gasteiger partial charge in [0.05, 0.1) is 12.8 Å². The van der Waals surface area contributed by atoms with Crippen LogP contribution in [0.15, 0.2) is 30.5 Å². The summed E-state index contributed by atoms with van der Waals surface area (Å²) in [4.78, 5) is 12.2. The standard InChI is InChI=1S/C16H17N3O2/c1-12-6-7-14(11-13(12)5-3-4-10-20)16(21)18-15-8-9-17-19(15)2/h6-9,11,20H,4,10H2,1-2H3,(H,18,21). The summed E-state index contributed by atoms with van der Waals surface area (Å²) in [7, 11) is 1.76. The molecule has 0 atom stereocenters. The fourth-order valence-corrected chi connectivity index (χ4v) is 1.80. The second-order valence-electron chi connectivity index (χ2n) is 4.60. The van der Waals surface area contributed by atoms with Crippen molar-refractivity contribution >= 4 is 11.7 Å². The molecule has 0 aliphatic heterocycles. The molecule has 0 unspecified atom stereocenters. The molecule has 0 spiro atoms. The van der Waals surface area contributed by atoms with Gasteiger partial charge in [-0.1, -0.05) is 17.9 Å². The molecule has 1 heterocycles. The first kappa shape index (κ1) is 14.8. The van der Waals surface area contributed by atoms with Gasteiger partial charge in [0.15, 0.2) is 0 Å². The van der Waals surface area contributed by atoms with Crippen molar-refractivity contribution in [2.75, 3.05) is 11.9 Å². The van der Waals surface area contributed by atoms with Gasteiger partial charge < -0.3 is 10.4 Å². The summed E-state index contributed by atoms with van der Waals surface area (Å²) < 4.78 is 1.59. The number of hydrogen-bond acceptors (Lipinski definition) is 3. The van der Waals surface area contributed by atoms with Gasteiger partial charge in [-0.15, -0.1) is 0 Å². The van der Waals surface area contributed by atoms with E-state index in [9.17, 15) is 4.79 Å². The second-order valence-corrected chi connectivity index (χ2v) is 4.60. The van der Waals surface area contributed by atoms with Crippen molar-refractivity contribution in [3.8, 4) is 11.8 Å². The Labute approximate surface area is 123 Å². The van der Waals surface area contributed by atoms with Crippen LogP contribution in [0.2, 0.25) is 0 Å². The predicted octanol–water partition coefficient (Wildman–Crippen LogP) is 1.71. The van der Waals surface area contributed by atoms with Crippen LogP contribution >= 0.6 is 0 Å². The normalized spacial score (nSPS) is 9.86. The Morgan fingerprint density at radius 2 is 2.24 bits per heavy atom. The van der Waals surface area contributed by atoms with Crippen LogP contribution in [0.1, 0.15) is 27.9 Å². The molecule has 0 saturated heterocycles. The van der Waals surface area contributed by atoms with Crippen molar-refractivity contribution in [3.63, 3.8) is 0 Å². The number of nitrogens with one attached hydrogen (secondary N) is 1. The summed E-state index contributed by atoms with van der Waals surface area (Å²) >= 11 is 0. The van der Waals surface area contributed by atoms with E-state index in [1.165, 1.54) is 0 Å². The van der Waals surface area contributed by atoms with Gasteiger partial charge in [0.25, 0.3) is 5.91 Å². The molecule has 2 rings (SSSR count). The van der Waals surface area contributed by atoms with Crippen LogP contribution in [0.25, 0.3) is 0 Å². The zero-order valence-electron chi connectivity index (χ0n) is 12.1. The molecule has 21 heavy (non-hydrogen) atoms. The number of anilines is 1. The van der Waals surface area contributed by atoms with Gasteiger partial charge in [-0.3, -0.25) is 9.48 Å². The maximum atomic E-state index is 12.2. The van der Waals surface area contributed by atoms with Gasteiger partial charge in [-0.25, -0.2) is 0 Å². The molecule has 1 aromatic heterocycles. The van der Waals surface area contributed by atoms with Crippen LogP contribution in [-0.4, -0.2) is 27.4 Å². The van der Waals surface area contributed by atoms with Crippen molar-refractivity contribution in [2.24, 2.45) is 7.05 Å². The van der Waals surface area contributed by atoms with Gasteiger partial charge in [-0.05, 0) is 24.6 Å². The van der Waals surface area contributed by atoms with E-state index in [0.717, 1.165) is 11.1 Å². The van der Waals surface area contributed by atoms with E-state index >= 15 is 0 Å². The number of hydrogen-bond donors (Lipinski definition) is 2. The number of benzene rings is 1. The number of amides is 1. The Hall–Kier alpha value is -2.58. The highest BCUT2D eigenvalue weighted by molar-refractivity contribution is 6.04. The van der Waals surface area contributed by atoms with Crippen LogP contribution in [0.4, 0.5) is 5.82 Å². The van der Waals surface area contributed by atoms with E-state index in [1.807, 2.05) is 13.0 Å². The van der Waals surface area contributed by atoms with Gasteiger partial charge in [0.2, 0.25) is 0 Å². The van der Waals surface area contributed by atoms with Crippen molar-refractivity contribution in [1.82, 2.24) is 9.78 Å². The molecule has 0 saturated carbocycles. The Morgan fingerprint density at radius 1 is 1.43 bits per heavy atom. The third-order valence-electron chi connectivity index (χ3n) is 3.02. The smallest absolute Gasteiger partial charge is 0.256 e. The van der Waals surface area contributed by atoms with Gasteiger partial charge >= 0.3 is 0 Å². The molecule has 1 aromatic carbocycles. The van der Waals surface area contributed by atoms with Crippen molar-refractivity contribution in [2.45, 2.75) is 13.3 Å². The minimum atomic E-state index is -0.205. The largest absolute Gasteiger partial charge is 0.395 e. The van der Waals surface area contributed by atoms with Crippen molar-refractivity contribution < 1.29 is 9.90 Å². The summed E-state index contributed by atoms with van der Waals surface area (Å²) in [6, 6.07) is 7.11. The van der Waals surface area contributed by atoms with Crippen LogP contribution in [0.3, 0.4) is 0 Å². The average Bonchev–Trinajstić information content (AvgIpc) is 2.86. The van der Waals surface area contributed by atoms with E-state index in [4.69, 9.17) is 5.11 Å². The minimum Gasteiger partial charge on any atom is -0.395 e. The van der Waals surface area contributed by atoms with Crippen LogP contribution in [0.5, 0.6) is 0 Å². The molecular weight excluding hydrogens is 266 g/mol. The molecule has 0 aliphatic carbocycles.